The number of carbonyl (C=O) groups is 2. The smallest absolute Gasteiger partial charge is 0.340 e. The maximum Gasteiger partial charge on any atom is 0.340 e. The lowest BCUT2D eigenvalue weighted by atomic mass is 10.0. The largest absolute Gasteiger partial charge is 0.465 e. The van der Waals surface area contributed by atoms with Crippen molar-refractivity contribution < 1.29 is 14.3 Å². The van der Waals surface area contributed by atoms with Crippen molar-refractivity contribution in [1.29, 1.82) is 0 Å². The average molecular weight is 516 g/mol. The number of nitrogens with zero attached hydrogens (tertiary/aromatic N) is 2. The van der Waals surface area contributed by atoms with Crippen LogP contribution in [0, 0.1) is 13.8 Å². The summed E-state index contributed by atoms with van der Waals surface area (Å²) in [6, 6.07) is 14.1. The molecule has 174 valence electrons. The van der Waals surface area contributed by atoms with E-state index in [0.717, 1.165) is 22.6 Å². The van der Waals surface area contributed by atoms with E-state index < -0.39 is 5.97 Å². The van der Waals surface area contributed by atoms with Gasteiger partial charge in [-0.05, 0) is 74.9 Å². The molecule has 0 spiro atoms. The Bertz CT molecular complexity index is 1400. The first-order chi connectivity index (χ1) is 16.1. The van der Waals surface area contributed by atoms with Crippen LogP contribution in [0.3, 0.4) is 0 Å². The van der Waals surface area contributed by atoms with Crippen molar-refractivity contribution in [2.24, 2.45) is 0 Å². The van der Waals surface area contributed by atoms with Crippen molar-refractivity contribution in [3.05, 3.63) is 97.4 Å². The van der Waals surface area contributed by atoms with E-state index in [4.69, 9.17) is 39.5 Å². The zero-order valence-corrected chi connectivity index (χ0v) is 21.2. The summed E-state index contributed by atoms with van der Waals surface area (Å²) in [6.07, 6.45) is 1.71. The minimum Gasteiger partial charge on any atom is -0.465 e. The minimum atomic E-state index is -0.587. The first-order valence-corrected chi connectivity index (χ1v) is 11.5. The number of ether oxygens (including phenoxy) is 1. The van der Waals surface area contributed by atoms with E-state index in [0.29, 0.717) is 26.5 Å². The monoisotopic (exact) mass is 514 g/mol. The van der Waals surface area contributed by atoms with Gasteiger partial charge in [-0.3, -0.25) is 9.69 Å². The van der Waals surface area contributed by atoms with Gasteiger partial charge in [-0.15, -0.1) is 0 Å². The van der Waals surface area contributed by atoms with Gasteiger partial charge in [-0.2, -0.15) is 0 Å². The highest BCUT2D eigenvalue weighted by atomic mass is 35.5. The lowest BCUT2D eigenvalue weighted by Crippen LogP contribution is -2.24. The first-order valence-electron chi connectivity index (χ1n) is 10.4. The van der Waals surface area contributed by atoms with E-state index in [-0.39, 0.29) is 17.1 Å². The van der Waals surface area contributed by atoms with Crippen molar-refractivity contribution >= 4 is 58.4 Å². The second kappa shape index (κ2) is 9.34. The molecule has 4 rings (SSSR count). The maximum absolute atomic E-state index is 13.5. The Hall–Kier alpha value is -2.99. The number of carbonyl (C=O) groups excluding carboxylic acids is 2. The van der Waals surface area contributed by atoms with Gasteiger partial charge in [-0.1, -0.05) is 40.9 Å². The third-order valence-electron chi connectivity index (χ3n) is 5.78. The summed E-state index contributed by atoms with van der Waals surface area (Å²) in [5, 5.41) is 1.53. The molecular formula is C26H21Cl3N2O3. The Morgan fingerprint density at radius 3 is 2.32 bits per heavy atom. The van der Waals surface area contributed by atoms with Crippen LogP contribution < -0.4 is 4.90 Å². The topological polar surface area (TPSA) is 51.5 Å². The van der Waals surface area contributed by atoms with E-state index >= 15 is 0 Å². The Kier molecular flexibility index (Phi) is 6.63. The molecule has 8 heteroatoms. The fourth-order valence-electron chi connectivity index (χ4n) is 4.23. The van der Waals surface area contributed by atoms with Crippen LogP contribution in [0.15, 0.2) is 65.4 Å². The molecule has 2 aromatic carbocycles. The number of methoxy groups -OCH3 is 1. The zero-order valence-electron chi connectivity index (χ0n) is 18.9. The summed E-state index contributed by atoms with van der Waals surface area (Å²) in [6.45, 7) is 5.58. The number of anilines is 1. The molecule has 0 atom stereocenters. The summed E-state index contributed by atoms with van der Waals surface area (Å²) in [4.78, 5) is 27.7. The van der Waals surface area contributed by atoms with Crippen molar-refractivity contribution in [2.75, 3.05) is 12.0 Å². The summed E-state index contributed by atoms with van der Waals surface area (Å²) >= 11 is 18.7. The number of benzene rings is 2. The molecule has 1 aliphatic heterocycles. The lowest BCUT2D eigenvalue weighted by molar-refractivity contribution is -0.136. The lowest BCUT2D eigenvalue weighted by Gasteiger charge is -2.18. The van der Waals surface area contributed by atoms with Crippen LogP contribution in [0.2, 0.25) is 15.1 Å². The molecule has 0 radical (unpaired) electrons. The summed E-state index contributed by atoms with van der Waals surface area (Å²) in [5.41, 5.74) is 4.79. The number of hydrogen-bond donors (Lipinski definition) is 0. The molecule has 0 saturated heterocycles. The molecule has 1 amide bonds. The van der Waals surface area contributed by atoms with Gasteiger partial charge in [0.2, 0.25) is 0 Å². The van der Waals surface area contributed by atoms with Crippen LogP contribution in [-0.2, 0) is 14.3 Å². The van der Waals surface area contributed by atoms with Crippen molar-refractivity contribution in [3.8, 4) is 5.69 Å². The average Bonchev–Trinajstić information content (AvgIpc) is 3.19. The fourth-order valence-corrected chi connectivity index (χ4v) is 4.91. The Labute approximate surface area is 212 Å². The van der Waals surface area contributed by atoms with Crippen molar-refractivity contribution in [3.63, 3.8) is 0 Å². The Morgan fingerprint density at radius 2 is 1.68 bits per heavy atom. The Morgan fingerprint density at radius 1 is 0.971 bits per heavy atom. The van der Waals surface area contributed by atoms with Gasteiger partial charge < -0.3 is 9.30 Å². The maximum atomic E-state index is 13.5. The predicted molar refractivity (Wildman–Crippen MR) is 137 cm³/mol. The van der Waals surface area contributed by atoms with Gasteiger partial charge in [0.15, 0.2) is 0 Å². The standard InChI is InChI=1S/C26H21Cl3N2O3/c1-14-10-17(15(2)30(14)23-9-8-19(28)13-22(23)29)11-21-24(26(33)34-4)16(3)31(25(21)32)20-7-5-6-18(27)12-20/h5-13H,1-4H3/b21-11-. The second-order valence-electron chi connectivity index (χ2n) is 7.89. The van der Waals surface area contributed by atoms with E-state index in [1.807, 2.05) is 30.5 Å². The van der Waals surface area contributed by atoms with E-state index in [2.05, 4.69) is 0 Å². The van der Waals surface area contributed by atoms with Gasteiger partial charge in [0, 0.05) is 27.1 Å². The second-order valence-corrected chi connectivity index (χ2v) is 9.17. The van der Waals surface area contributed by atoms with E-state index in [9.17, 15) is 9.59 Å². The highest BCUT2D eigenvalue weighted by Crippen LogP contribution is 2.37. The van der Waals surface area contributed by atoms with Crippen LogP contribution in [0.4, 0.5) is 5.69 Å². The number of hydrogen-bond acceptors (Lipinski definition) is 3. The number of amides is 1. The molecule has 5 nitrogen and oxygen atoms in total. The van der Waals surface area contributed by atoms with Gasteiger partial charge in [0.1, 0.15) is 0 Å². The molecule has 0 aliphatic carbocycles. The van der Waals surface area contributed by atoms with E-state index in [1.165, 1.54) is 12.0 Å². The molecule has 1 aliphatic rings. The SMILES string of the molecule is COC(=O)C1=C(C)N(c2cccc(Cl)c2)C(=O)/C1=C\c1cc(C)n(-c2ccc(Cl)cc2Cl)c1C. The first kappa shape index (κ1) is 24.1. The number of allylic oxidation sites excluding steroid dienone is 1. The minimum absolute atomic E-state index is 0.210. The normalized spacial score (nSPS) is 15.0. The summed E-state index contributed by atoms with van der Waals surface area (Å²) in [7, 11) is 1.29. The summed E-state index contributed by atoms with van der Waals surface area (Å²) in [5.74, 6) is -0.925. The number of esters is 1. The van der Waals surface area contributed by atoms with Crippen LogP contribution in [-0.4, -0.2) is 23.6 Å². The number of halogens is 3. The van der Waals surface area contributed by atoms with Crippen molar-refractivity contribution in [2.45, 2.75) is 20.8 Å². The van der Waals surface area contributed by atoms with Crippen LogP contribution in [0.5, 0.6) is 0 Å². The van der Waals surface area contributed by atoms with Crippen LogP contribution >= 0.6 is 34.8 Å². The highest BCUT2D eigenvalue weighted by molar-refractivity contribution is 6.35. The predicted octanol–water partition coefficient (Wildman–Crippen LogP) is 6.93. The number of aromatic nitrogens is 1. The molecule has 2 heterocycles. The van der Waals surface area contributed by atoms with Gasteiger partial charge in [0.25, 0.3) is 5.91 Å². The molecule has 0 N–H and O–H groups in total. The zero-order chi connectivity index (χ0) is 24.7. The van der Waals surface area contributed by atoms with E-state index in [1.54, 1.807) is 49.4 Å². The third-order valence-corrected chi connectivity index (χ3v) is 6.55. The van der Waals surface area contributed by atoms with Gasteiger partial charge in [0.05, 0.1) is 34.7 Å². The molecule has 1 aromatic heterocycles. The fraction of sp³-hybridized carbons (Fsp3) is 0.154. The molecule has 3 aromatic rings. The van der Waals surface area contributed by atoms with Gasteiger partial charge >= 0.3 is 5.97 Å². The highest BCUT2D eigenvalue weighted by Gasteiger charge is 2.38. The van der Waals surface area contributed by atoms with Gasteiger partial charge in [-0.25, -0.2) is 4.79 Å². The molecule has 0 unspecified atom stereocenters. The number of aryl methyl sites for hydroxylation is 1. The van der Waals surface area contributed by atoms with Crippen LogP contribution in [0.25, 0.3) is 11.8 Å². The molecular weight excluding hydrogens is 495 g/mol. The molecule has 0 fully saturated rings. The summed E-state index contributed by atoms with van der Waals surface area (Å²) < 4.78 is 6.99. The molecule has 0 saturated carbocycles. The number of rotatable bonds is 4. The Balaban J connectivity index is 1.86. The quantitative estimate of drug-likeness (QED) is 0.280. The van der Waals surface area contributed by atoms with Crippen molar-refractivity contribution in [1.82, 2.24) is 4.57 Å². The third kappa shape index (κ3) is 4.16. The molecule has 34 heavy (non-hydrogen) atoms. The van der Waals surface area contributed by atoms with Crippen LogP contribution in [0.1, 0.15) is 23.9 Å². The molecule has 0 bridgehead atoms.